The standard InChI is InChI=1S/C16H18O3/c1-2-19-16(18)15(13-8-9-13)11-14(17)10-12-6-4-3-5-7-12/h3-7H,2,8-11H2,1H3. The van der Waals surface area contributed by atoms with Gasteiger partial charge in [0.25, 0.3) is 0 Å². The molecule has 19 heavy (non-hydrogen) atoms. The van der Waals surface area contributed by atoms with Crippen LogP contribution in [0.25, 0.3) is 0 Å². The topological polar surface area (TPSA) is 43.4 Å². The largest absolute Gasteiger partial charge is 0.463 e. The number of hydrogen-bond acceptors (Lipinski definition) is 3. The van der Waals surface area contributed by atoms with Gasteiger partial charge in [0.15, 0.2) is 0 Å². The van der Waals surface area contributed by atoms with Crippen LogP contribution < -0.4 is 0 Å². The van der Waals surface area contributed by atoms with Gasteiger partial charge in [0.1, 0.15) is 5.78 Å². The quantitative estimate of drug-likeness (QED) is 0.582. The Morgan fingerprint density at radius 1 is 1.16 bits per heavy atom. The van der Waals surface area contributed by atoms with Crippen LogP contribution in [0, 0.1) is 0 Å². The van der Waals surface area contributed by atoms with Gasteiger partial charge in [-0.2, -0.15) is 0 Å². The summed E-state index contributed by atoms with van der Waals surface area (Å²) in [4.78, 5) is 23.8. The molecular weight excluding hydrogens is 240 g/mol. The summed E-state index contributed by atoms with van der Waals surface area (Å²) in [6.07, 6.45) is 2.42. The minimum atomic E-state index is -0.323. The van der Waals surface area contributed by atoms with Crippen molar-refractivity contribution in [1.82, 2.24) is 0 Å². The van der Waals surface area contributed by atoms with Crippen molar-refractivity contribution < 1.29 is 14.3 Å². The molecule has 0 heterocycles. The number of rotatable bonds is 6. The van der Waals surface area contributed by atoms with Gasteiger partial charge < -0.3 is 4.74 Å². The van der Waals surface area contributed by atoms with E-state index in [0.29, 0.717) is 18.6 Å². The van der Waals surface area contributed by atoms with E-state index in [1.165, 1.54) is 0 Å². The van der Waals surface area contributed by atoms with Crippen molar-refractivity contribution in [2.24, 2.45) is 0 Å². The maximum atomic E-state index is 12.0. The van der Waals surface area contributed by atoms with E-state index in [1.54, 1.807) is 6.92 Å². The second kappa shape index (κ2) is 6.32. The molecule has 100 valence electrons. The highest BCUT2D eigenvalue weighted by Crippen LogP contribution is 2.33. The summed E-state index contributed by atoms with van der Waals surface area (Å²) in [5.41, 5.74) is 2.65. The molecule has 2 rings (SSSR count). The highest BCUT2D eigenvalue weighted by Gasteiger charge is 2.25. The van der Waals surface area contributed by atoms with Gasteiger partial charge in [0.05, 0.1) is 6.61 Å². The molecule has 0 saturated heterocycles. The predicted molar refractivity (Wildman–Crippen MR) is 72.7 cm³/mol. The van der Waals surface area contributed by atoms with Gasteiger partial charge in [0, 0.05) is 18.4 Å². The van der Waals surface area contributed by atoms with Crippen LogP contribution in [0.2, 0.25) is 0 Å². The van der Waals surface area contributed by atoms with Crippen LogP contribution in [0.15, 0.2) is 41.5 Å². The molecule has 0 radical (unpaired) electrons. The second-order valence-electron chi connectivity index (χ2n) is 4.68. The van der Waals surface area contributed by atoms with Crippen molar-refractivity contribution in [2.75, 3.05) is 6.61 Å². The molecule has 1 fully saturated rings. The average molecular weight is 258 g/mol. The molecule has 0 spiro atoms. The number of allylic oxidation sites excluding steroid dienone is 1. The van der Waals surface area contributed by atoms with Crippen LogP contribution in [0.4, 0.5) is 0 Å². The molecule has 3 nitrogen and oxygen atoms in total. The molecule has 3 heteroatoms. The summed E-state index contributed by atoms with van der Waals surface area (Å²) in [7, 11) is 0. The molecule has 0 aromatic heterocycles. The van der Waals surface area contributed by atoms with Crippen LogP contribution in [-0.4, -0.2) is 18.4 Å². The number of hydrogen-bond donors (Lipinski definition) is 0. The normalized spacial score (nSPS) is 13.0. The number of carbonyl (C=O) groups is 2. The molecule has 0 amide bonds. The molecule has 1 aromatic carbocycles. The van der Waals surface area contributed by atoms with E-state index in [1.807, 2.05) is 30.3 Å². The summed E-state index contributed by atoms with van der Waals surface area (Å²) >= 11 is 0. The zero-order chi connectivity index (χ0) is 13.7. The summed E-state index contributed by atoms with van der Waals surface area (Å²) < 4.78 is 5.01. The van der Waals surface area contributed by atoms with E-state index in [0.717, 1.165) is 24.0 Å². The Hall–Kier alpha value is -1.90. The monoisotopic (exact) mass is 258 g/mol. The van der Waals surface area contributed by atoms with Crippen LogP contribution in [0.3, 0.4) is 0 Å². The Morgan fingerprint density at radius 2 is 1.84 bits per heavy atom. The van der Waals surface area contributed by atoms with Crippen molar-refractivity contribution >= 4 is 11.8 Å². The highest BCUT2D eigenvalue weighted by molar-refractivity contribution is 5.97. The van der Waals surface area contributed by atoms with E-state index in [-0.39, 0.29) is 18.2 Å². The minimum absolute atomic E-state index is 0.0636. The number of benzene rings is 1. The molecule has 0 atom stereocenters. The first-order chi connectivity index (χ1) is 9.20. The highest BCUT2D eigenvalue weighted by atomic mass is 16.5. The Kier molecular flexibility index (Phi) is 4.50. The molecule has 1 aliphatic rings. The number of ether oxygens (including phenoxy) is 1. The fourth-order valence-corrected chi connectivity index (χ4v) is 2.01. The van der Waals surface area contributed by atoms with E-state index >= 15 is 0 Å². The van der Waals surface area contributed by atoms with Gasteiger partial charge in [-0.3, -0.25) is 4.79 Å². The molecule has 1 aromatic rings. The average Bonchev–Trinajstić information content (AvgIpc) is 3.21. The first kappa shape index (κ1) is 13.5. The Balaban J connectivity index is 1.97. The van der Waals surface area contributed by atoms with Gasteiger partial charge >= 0.3 is 5.97 Å². The van der Waals surface area contributed by atoms with Crippen molar-refractivity contribution in [1.29, 1.82) is 0 Å². The van der Waals surface area contributed by atoms with Gasteiger partial charge in [0.2, 0.25) is 0 Å². The van der Waals surface area contributed by atoms with Crippen LogP contribution in [0.5, 0.6) is 0 Å². The molecule has 0 N–H and O–H groups in total. The summed E-state index contributed by atoms with van der Waals surface area (Å²) in [5, 5.41) is 0. The first-order valence-corrected chi connectivity index (χ1v) is 6.64. The van der Waals surface area contributed by atoms with Gasteiger partial charge in [-0.15, -0.1) is 0 Å². The summed E-state index contributed by atoms with van der Waals surface area (Å²) in [6.45, 7) is 2.13. The SMILES string of the molecule is CCOC(=O)C(CC(=O)Cc1ccccc1)=C1CC1. The number of esters is 1. The second-order valence-corrected chi connectivity index (χ2v) is 4.68. The van der Waals surface area contributed by atoms with Crippen LogP contribution >= 0.6 is 0 Å². The molecule has 0 bridgehead atoms. The third kappa shape index (κ3) is 4.05. The third-order valence-electron chi connectivity index (χ3n) is 3.07. The summed E-state index contributed by atoms with van der Waals surface area (Å²) in [6, 6.07) is 9.59. The van der Waals surface area contributed by atoms with Crippen LogP contribution in [-0.2, 0) is 20.7 Å². The molecule has 0 aliphatic heterocycles. The van der Waals surface area contributed by atoms with Gasteiger partial charge in [-0.1, -0.05) is 35.9 Å². The van der Waals surface area contributed by atoms with Gasteiger partial charge in [-0.05, 0) is 25.3 Å². The lowest BCUT2D eigenvalue weighted by molar-refractivity contribution is -0.139. The fourth-order valence-electron chi connectivity index (χ4n) is 2.01. The fraction of sp³-hybridized carbons (Fsp3) is 0.375. The maximum absolute atomic E-state index is 12.0. The predicted octanol–water partition coefficient (Wildman–Crippen LogP) is 2.84. The van der Waals surface area contributed by atoms with E-state index in [2.05, 4.69) is 0 Å². The number of carbonyl (C=O) groups excluding carboxylic acids is 2. The van der Waals surface area contributed by atoms with E-state index in [4.69, 9.17) is 4.74 Å². The third-order valence-corrected chi connectivity index (χ3v) is 3.07. The Labute approximate surface area is 113 Å². The number of ketones is 1. The Morgan fingerprint density at radius 3 is 2.42 bits per heavy atom. The molecule has 1 saturated carbocycles. The van der Waals surface area contributed by atoms with Crippen molar-refractivity contribution in [3.8, 4) is 0 Å². The minimum Gasteiger partial charge on any atom is -0.463 e. The van der Waals surface area contributed by atoms with Crippen molar-refractivity contribution in [3.05, 3.63) is 47.0 Å². The lowest BCUT2D eigenvalue weighted by Gasteiger charge is -2.06. The van der Waals surface area contributed by atoms with E-state index in [9.17, 15) is 9.59 Å². The molecule has 0 unspecified atom stereocenters. The molecule has 1 aliphatic carbocycles. The smallest absolute Gasteiger partial charge is 0.334 e. The lowest BCUT2D eigenvalue weighted by Crippen LogP contribution is -2.13. The van der Waals surface area contributed by atoms with E-state index < -0.39 is 0 Å². The Bertz CT molecular complexity index is 494. The lowest BCUT2D eigenvalue weighted by atomic mass is 10.0. The zero-order valence-corrected chi connectivity index (χ0v) is 11.1. The number of Topliss-reactive ketones (excluding diaryl/α,β-unsaturated/α-hetero) is 1. The van der Waals surface area contributed by atoms with Gasteiger partial charge in [-0.25, -0.2) is 4.79 Å². The molecular formula is C16H18O3. The summed E-state index contributed by atoms with van der Waals surface area (Å²) in [5.74, 6) is -0.259. The van der Waals surface area contributed by atoms with Crippen molar-refractivity contribution in [2.45, 2.75) is 32.6 Å². The zero-order valence-electron chi connectivity index (χ0n) is 11.1. The maximum Gasteiger partial charge on any atom is 0.334 e. The van der Waals surface area contributed by atoms with Crippen molar-refractivity contribution in [3.63, 3.8) is 0 Å². The first-order valence-electron chi connectivity index (χ1n) is 6.64. The van der Waals surface area contributed by atoms with Crippen LogP contribution in [0.1, 0.15) is 31.7 Å².